The molecule has 0 aliphatic carbocycles. The molecule has 0 atom stereocenters. The number of Topliss-reactive ketones (excluding diaryl/α,β-unsaturated/α-hetero) is 2. The number of carbonyl (C=O) groups excluding carboxylic acids is 2. The van der Waals surface area contributed by atoms with Crippen LogP contribution in [0.3, 0.4) is 0 Å². The first-order valence-electron chi connectivity index (χ1n) is 7.27. The molecule has 0 aromatic carbocycles. The second-order valence-corrected chi connectivity index (χ2v) is 8.24. The van der Waals surface area contributed by atoms with Crippen molar-refractivity contribution in [3.05, 3.63) is 17.2 Å². The molecule has 128 valence electrons. The molecule has 0 unspecified atom stereocenters. The van der Waals surface area contributed by atoms with Crippen LogP contribution in [-0.4, -0.2) is 36.2 Å². The fourth-order valence-corrected chi connectivity index (χ4v) is 2.41. The second kappa shape index (κ2) is 7.25. The molecule has 0 saturated heterocycles. The number of carbonyl (C=O) groups is 2. The zero-order valence-electron chi connectivity index (χ0n) is 13.9. The van der Waals surface area contributed by atoms with Crippen LogP contribution in [0.4, 0.5) is 4.39 Å². The van der Waals surface area contributed by atoms with Gasteiger partial charge in [0.25, 0.3) is 0 Å². The van der Waals surface area contributed by atoms with Gasteiger partial charge in [-0.15, -0.1) is 0 Å². The van der Waals surface area contributed by atoms with E-state index in [2.05, 4.69) is 9.97 Å². The molecule has 0 fully saturated rings. The lowest BCUT2D eigenvalue weighted by atomic mass is 10.0. The van der Waals surface area contributed by atoms with Gasteiger partial charge >= 0.3 is 0 Å². The van der Waals surface area contributed by atoms with Crippen molar-refractivity contribution >= 4 is 21.4 Å². The number of hydrogen-bond donors (Lipinski definition) is 0. The third-order valence-corrected chi connectivity index (χ3v) is 3.72. The minimum Gasteiger partial charge on any atom is -0.292 e. The smallest absolute Gasteiger partial charge is 0.248 e. The van der Waals surface area contributed by atoms with Gasteiger partial charge in [-0.2, -0.15) is 0 Å². The predicted octanol–water partition coefficient (Wildman–Crippen LogP) is 2.48. The van der Waals surface area contributed by atoms with Crippen molar-refractivity contribution < 1.29 is 22.4 Å². The molecule has 23 heavy (non-hydrogen) atoms. The Bertz CT molecular complexity index is 684. The summed E-state index contributed by atoms with van der Waals surface area (Å²) in [6.07, 6.45) is 0.831. The standard InChI is InChI=1S/C15H21FN2O4S/c1-8(2)6-10(19)13-12(16)14(11(20)7-9(3)4)18-15(17-13)23(5,21)22/h8-9H,6-7H2,1-5H3. The van der Waals surface area contributed by atoms with Crippen LogP contribution in [0.5, 0.6) is 0 Å². The molecule has 1 aromatic heterocycles. The fourth-order valence-electron chi connectivity index (χ4n) is 1.90. The van der Waals surface area contributed by atoms with E-state index in [0.717, 1.165) is 6.26 Å². The number of sulfone groups is 1. The van der Waals surface area contributed by atoms with Crippen molar-refractivity contribution in [3.63, 3.8) is 0 Å². The van der Waals surface area contributed by atoms with E-state index in [1.807, 2.05) is 0 Å². The number of halogens is 1. The molecule has 0 bridgehead atoms. The summed E-state index contributed by atoms with van der Waals surface area (Å²) in [5.41, 5.74) is -1.28. The summed E-state index contributed by atoms with van der Waals surface area (Å²) >= 11 is 0. The number of nitrogens with zero attached hydrogens (tertiary/aromatic N) is 2. The average molecular weight is 344 g/mol. The van der Waals surface area contributed by atoms with Crippen LogP contribution in [0, 0.1) is 17.7 Å². The monoisotopic (exact) mass is 344 g/mol. The Hall–Kier alpha value is -1.70. The van der Waals surface area contributed by atoms with E-state index in [1.54, 1.807) is 27.7 Å². The van der Waals surface area contributed by atoms with Crippen LogP contribution in [0.15, 0.2) is 5.16 Å². The number of rotatable bonds is 7. The van der Waals surface area contributed by atoms with E-state index in [-0.39, 0.29) is 24.7 Å². The van der Waals surface area contributed by atoms with E-state index in [9.17, 15) is 22.4 Å². The molecule has 0 spiro atoms. The second-order valence-electron chi connectivity index (χ2n) is 6.33. The zero-order valence-corrected chi connectivity index (χ0v) is 14.7. The summed E-state index contributed by atoms with van der Waals surface area (Å²) < 4.78 is 37.8. The first kappa shape index (κ1) is 19.3. The van der Waals surface area contributed by atoms with Gasteiger partial charge in [-0.1, -0.05) is 27.7 Å². The van der Waals surface area contributed by atoms with Crippen LogP contribution < -0.4 is 0 Å². The number of hydrogen-bond acceptors (Lipinski definition) is 6. The van der Waals surface area contributed by atoms with Crippen molar-refractivity contribution in [2.45, 2.75) is 45.7 Å². The molecule has 1 rings (SSSR count). The first-order valence-corrected chi connectivity index (χ1v) is 9.16. The average Bonchev–Trinajstić information content (AvgIpc) is 2.35. The van der Waals surface area contributed by atoms with Crippen molar-refractivity contribution in [1.29, 1.82) is 0 Å². The van der Waals surface area contributed by atoms with Gasteiger partial charge in [0.2, 0.25) is 15.0 Å². The minimum absolute atomic E-state index is 0.00501. The molecule has 0 N–H and O–H groups in total. The van der Waals surface area contributed by atoms with E-state index >= 15 is 0 Å². The largest absolute Gasteiger partial charge is 0.292 e. The molecule has 0 aliphatic heterocycles. The minimum atomic E-state index is -3.88. The highest BCUT2D eigenvalue weighted by molar-refractivity contribution is 7.90. The summed E-state index contributed by atoms with van der Waals surface area (Å²) in [6.45, 7) is 7.05. The highest BCUT2D eigenvalue weighted by Crippen LogP contribution is 2.19. The van der Waals surface area contributed by atoms with Gasteiger partial charge in [0, 0.05) is 19.1 Å². The van der Waals surface area contributed by atoms with Crippen LogP contribution >= 0.6 is 0 Å². The maximum atomic E-state index is 14.5. The predicted molar refractivity (Wildman–Crippen MR) is 82.7 cm³/mol. The Morgan fingerprint density at radius 2 is 1.30 bits per heavy atom. The maximum Gasteiger partial charge on any atom is 0.248 e. The molecular formula is C15H21FN2O4S. The zero-order chi connectivity index (χ0) is 17.9. The Labute approximate surface area is 135 Å². The molecule has 6 nitrogen and oxygen atoms in total. The lowest BCUT2D eigenvalue weighted by molar-refractivity contribution is 0.0951. The summed E-state index contributed by atoms with van der Waals surface area (Å²) in [6, 6.07) is 0. The van der Waals surface area contributed by atoms with Crippen LogP contribution in [0.2, 0.25) is 0 Å². The highest BCUT2D eigenvalue weighted by atomic mass is 32.2. The van der Waals surface area contributed by atoms with E-state index in [0.29, 0.717) is 0 Å². The molecule has 0 amide bonds. The van der Waals surface area contributed by atoms with Crippen LogP contribution in [0.1, 0.15) is 61.5 Å². The molecule has 1 aromatic rings. The molecule has 8 heteroatoms. The topological polar surface area (TPSA) is 94.1 Å². The van der Waals surface area contributed by atoms with Crippen LogP contribution in [0.25, 0.3) is 0 Å². The molecule has 1 heterocycles. The van der Waals surface area contributed by atoms with E-state index < -0.39 is 43.8 Å². The normalized spacial score (nSPS) is 12.0. The van der Waals surface area contributed by atoms with Gasteiger partial charge in [-0.05, 0) is 11.8 Å². The first-order chi connectivity index (χ1) is 10.4. The molecule has 0 saturated carbocycles. The Kier molecular flexibility index (Phi) is 6.10. The van der Waals surface area contributed by atoms with Gasteiger partial charge in [-0.25, -0.2) is 22.8 Å². The Balaban J connectivity index is 3.52. The molecule has 0 radical (unpaired) electrons. The van der Waals surface area contributed by atoms with Gasteiger partial charge in [0.05, 0.1) is 0 Å². The molecule has 0 aliphatic rings. The lowest BCUT2D eigenvalue weighted by Crippen LogP contribution is -2.20. The molecular weight excluding hydrogens is 323 g/mol. The van der Waals surface area contributed by atoms with Crippen molar-refractivity contribution in [2.24, 2.45) is 11.8 Å². The Morgan fingerprint density at radius 3 is 1.57 bits per heavy atom. The maximum absolute atomic E-state index is 14.5. The van der Waals surface area contributed by atoms with Gasteiger partial charge in [0.15, 0.2) is 17.4 Å². The van der Waals surface area contributed by atoms with E-state index in [1.165, 1.54) is 0 Å². The third kappa shape index (κ3) is 5.16. The van der Waals surface area contributed by atoms with Crippen LogP contribution in [-0.2, 0) is 9.84 Å². The summed E-state index contributed by atoms with van der Waals surface area (Å²) in [5.74, 6) is -2.57. The van der Waals surface area contributed by atoms with E-state index in [4.69, 9.17) is 0 Å². The van der Waals surface area contributed by atoms with Gasteiger partial charge in [-0.3, -0.25) is 9.59 Å². The van der Waals surface area contributed by atoms with Crippen molar-refractivity contribution in [1.82, 2.24) is 9.97 Å². The quantitative estimate of drug-likeness (QED) is 0.557. The lowest BCUT2D eigenvalue weighted by Gasteiger charge is -2.10. The number of ketones is 2. The Morgan fingerprint density at radius 1 is 0.957 bits per heavy atom. The van der Waals surface area contributed by atoms with Crippen molar-refractivity contribution in [3.8, 4) is 0 Å². The fraction of sp³-hybridized carbons (Fsp3) is 0.600. The highest BCUT2D eigenvalue weighted by Gasteiger charge is 2.27. The summed E-state index contributed by atoms with van der Waals surface area (Å²) in [5, 5.41) is -0.710. The summed E-state index contributed by atoms with van der Waals surface area (Å²) in [4.78, 5) is 31.3. The summed E-state index contributed by atoms with van der Waals surface area (Å²) in [7, 11) is -3.88. The third-order valence-electron chi connectivity index (χ3n) is 2.88. The van der Waals surface area contributed by atoms with Crippen molar-refractivity contribution in [2.75, 3.05) is 6.26 Å². The number of aromatic nitrogens is 2. The van der Waals surface area contributed by atoms with Gasteiger partial charge < -0.3 is 0 Å². The van der Waals surface area contributed by atoms with Gasteiger partial charge in [0.1, 0.15) is 11.4 Å². The SMILES string of the molecule is CC(C)CC(=O)c1nc(S(C)(=O)=O)nc(C(=O)CC(C)C)c1F.